The number of benzene rings is 1. The standard InChI is InChI=1S/C17H19Cl2N3O2S/c1-12-10-16(15(19)11-14(12)18)25(23,24)22-8-6-21(7-9-22)17-5-3-4-13(2)20-17/h3-5,10-11H,6-9H2,1-2H3. The van der Waals surface area contributed by atoms with Crippen LogP contribution in [-0.2, 0) is 10.0 Å². The van der Waals surface area contributed by atoms with E-state index in [4.69, 9.17) is 23.2 Å². The molecule has 8 heteroatoms. The van der Waals surface area contributed by atoms with Crippen LogP contribution in [-0.4, -0.2) is 43.9 Å². The summed E-state index contributed by atoms with van der Waals surface area (Å²) in [4.78, 5) is 6.70. The van der Waals surface area contributed by atoms with E-state index in [1.54, 1.807) is 6.92 Å². The Morgan fingerprint density at radius 3 is 2.32 bits per heavy atom. The number of anilines is 1. The van der Waals surface area contributed by atoms with E-state index in [-0.39, 0.29) is 9.92 Å². The van der Waals surface area contributed by atoms with E-state index in [1.165, 1.54) is 16.4 Å². The van der Waals surface area contributed by atoms with E-state index >= 15 is 0 Å². The van der Waals surface area contributed by atoms with Crippen molar-refractivity contribution in [1.29, 1.82) is 0 Å². The fourth-order valence-corrected chi connectivity index (χ4v) is 5.06. The van der Waals surface area contributed by atoms with Gasteiger partial charge in [0.2, 0.25) is 10.0 Å². The van der Waals surface area contributed by atoms with E-state index < -0.39 is 10.0 Å². The number of nitrogens with zero attached hydrogens (tertiary/aromatic N) is 3. The van der Waals surface area contributed by atoms with Crippen molar-refractivity contribution in [1.82, 2.24) is 9.29 Å². The number of sulfonamides is 1. The van der Waals surface area contributed by atoms with Gasteiger partial charge < -0.3 is 4.90 Å². The Morgan fingerprint density at radius 2 is 1.68 bits per heavy atom. The van der Waals surface area contributed by atoms with Gasteiger partial charge in [0, 0.05) is 36.9 Å². The smallest absolute Gasteiger partial charge is 0.244 e. The quantitative estimate of drug-likeness (QED) is 0.791. The van der Waals surface area contributed by atoms with Gasteiger partial charge in [-0.15, -0.1) is 0 Å². The molecule has 1 fully saturated rings. The zero-order valence-corrected chi connectivity index (χ0v) is 16.4. The largest absolute Gasteiger partial charge is 0.354 e. The van der Waals surface area contributed by atoms with Gasteiger partial charge >= 0.3 is 0 Å². The Bertz CT molecular complexity index is 895. The molecule has 0 saturated carbocycles. The molecule has 0 N–H and O–H groups in total. The third-order valence-corrected chi connectivity index (χ3v) is 7.04. The lowest BCUT2D eigenvalue weighted by molar-refractivity contribution is 0.384. The van der Waals surface area contributed by atoms with Crippen LogP contribution in [0.3, 0.4) is 0 Å². The molecule has 2 aromatic rings. The third-order valence-electron chi connectivity index (χ3n) is 4.27. The highest BCUT2D eigenvalue weighted by Gasteiger charge is 2.30. The topological polar surface area (TPSA) is 53.5 Å². The second-order valence-corrected chi connectivity index (χ2v) is 8.78. The van der Waals surface area contributed by atoms with Gasteiger partial charge in [-0.25, -0.2) is 13.4 Å². The van der Waals surface area contributed by atoms with Gasteiger partial charge in [0.25, 0.3) is 0 Å². The highest BCUT2D eigenvalue weighted by molar-refractivity contribution is 7.89. The fourth-order valence-electron chi connectivity index (χ4n) is 2.83. The van der Waals surface area contributed by atoms with Gasteiger partial charge in [-0.05, 0) is 43.7 Å². The summed E-state index contributed by atoms with van der Waals surface area (Å²) < 4.78 is 27.3. The Balaban J connectivity index is 1.79. The van der Waals surface area contributed by atoms with Crippen LogP contribution in [0.1, 0.15) is 11.3 Å². The monoisotopic (exact) mass is 399 g/mol. The molecule has 0 amide bonds. The number of aryl methyl sites for hydroxylation is 2. The Morgan fingerprint density at radius 1 is 1.00 bits per heavy atom. The molecule has 1 saturated heterocycles. The summed E-state index contributed by atoms with van der Waals surface area (Å²) in [6, 6.07) is 8.86. The van der Waals surface area contributed by atoms with Crippen molar-refractivity contribution in [3.8, 4) is 0 Å². The number of piperazine rings is 1. The molecule has 0 aliphatic carbocycles. The summed E-state index contributed by atoms with van der Waals surface area (Å²) in [7, 11) is -3.65. The fraction of sp³-hybridized carbons (Fsp3) is 0.353. The van der Waals surface area contributed by atoms with E-state index in [9.17, 15) is 8.42 Å². The summed E-state index contributed by atoms with van der Waals surface area (Å²) in [6.45, 7) is 5.64. The molecule has 0 spiro atoms. The normalized spacial score (nSPS) is 16.2. The SMILES string of the molecule is Cc1cccc(N2CCN(S(=O)(=O)c3cc(C)c(Cl)cc3Cl)CC2)n1. The molecule has 134 valence electrons. The molecule has 1 aliphatic heterocycles. The van der Waals surface area contributed by atoms with E-state index in [0.29, 0.717) is 36.8 Å². The van der Waals surface area contributed by atoms with E-state index in [0.717, 1.165) is 11.5 Å². The third kappa shape index (κ3) is 3.77. The van der Waals surface area contributed by atoms with Crippen LogP contribution in [0.4, 0.5) is 5.82 Å². The Hall–Kier alpha value is -1.34. The van der Waals surface area contributed by atoms with Gasteiger partial charge in [0.15, 0.2) is 0 Å². The number of halogens is 2. The first-order chi connectivity index (χ1) is 11.8. The molecule has 3 rings (SSSR count). The first-order valence-corrected chi connectivity index (χ1v) is 10.1. The summed E-state index contributed by atoms with van der Waals surface area (Å²) in [5.41, 5.74) is 1.63. The molecule has 1 aromatic carbocycles. The zero-order chi connectivity index (χ0) is 18.2. The summed E-state index contributed by atoms with van der Waals surface area (Å²) in [5, 5.41) is 0.609. The van der Waals surface area contributed by atoms with Crippen LogP contribution < -0.4 is 4.90 Å². The van der Waals surface area contributed by atoms with E-state index in [1.807, 2.05) is 25.1 Å². The lowest BCUT2D eigenvalue weighted by Gasteiger charge is -2.35. The van der Waals surface area contributed by atoms with Crippen LogP contribution >= 0.6 is 23.2 Å². The molecule has 0 radical (unpaired) electrons. The summed E-state index contributed by atoms with van der Waals surface area (Å²) in [5.74, 6) is 0.873. The van der Waals surface area contributed by atoms with Crippen molar-refractivity contribution in [2.75, 3.05) is 31.1 Å². The molecule has 1 aliphatic rings. The number of pyridine rings is 1. The van der Waals surface area contributed by atoms with Gasteiger partial charge in [-0.1, -0.05) is 29.3 Å². The molecule has 25 heavy (non-hydrogen) atoms. The van der Waals surface area contributed by atoms with Crippen molar-refractivity contribution in [2.45, 2.75) is 18.7 Å². The average molecular weight is 400 g/mol. The van der Waals surface area contributed by atoms with E-state index in [2.05, 4.69) is 9.88 Å². The molecule has 0 atom stereocenters. The minimum atomic E-state index is -3.65. The number of aromatic nitrogens is 1. The highest BCUT2D eigenvalue weighted by Crippen LogP contribution is 2.31. The molecular weight excluding hydrogens is 381 g/mol. The molecule has 0 bridgehead atoms. The van der Waals surface area contributed by atoms with Crippen LogP contribution in [0.5, 0.6) is 0 Å². The average Bonchev–Trinajstić information content (AvgIpc) is 2.58. The summed E-state index contributed by atoms with van der Waals surface area (Å²) in [6.07, 6.45) is 0. The molecular formula is C17H19Cl2N3O2S. The molecule has 2 heterocycles. The summed E-state index contributed by atoms with van der Waals surface area (Å²) >= 11 is 12.2. The minimum Gasteiger partial charge on any atom is -0.354 e. The van der Waals surface area contributed by atoms with Crippen LogP contribution in [0.15, 0.2) is 35.2 Å². The van der Waals surface area contributed by atoms with Gasteiger partial charge in [-0.3, -0.25) is 0 Å². The molecule has 1 aromatic heterocycles. The lowest BCUT2D eigenvalue weighted by atomic mass is 10.2. The first kappa shape index (κ1) is 18.5. The van der Waals surface area contributed by atoms with Crippen LogP contribution in [0.25, 0.3) is 0 Å². The van der Waals surface area contributed by atoms with Gasteiger partial charge in [0.05, 0.1) is 5.02 Å². The van der Waals surface area contributed by atoms with Crippen molar-refractivity contribution >= 4 is 39.0 Å². The van der Waals surface area contributed by atoms with Gasteiger partial charge in [-0.2, -0.15) is 4.31 Å². The van der Waals surface area contributed by atoms with Crippen molar-refractivity contribution in [3.63, 3.8) is 0 Å². The number of rotatable bonds is 3. The maximum atomic E-state index is 12.9. The van der Waals surface area contributed by atoms with Crippen molar-refractivity contribution in [3.05, 3.63) is 51.6 Å². The number of hydrogen-bond donors (Lipinski definition) is 0. The maximum absolute atomic E-state index is 12.9. The molecule has 5 nitrogen and oxygen atoms in total. The van der Waals surface area contributed by atoms with Crippen LogP contribution in [0, 0.1) is 13.8 Å². The molecule has 0 unspecified atom stereocenters. The second kappa shape index (κ2) is 7.11. The van der Waals surface area contributed by atoms with Crippen molar-refractivity contribution in [2.24, 2.45) is 0 Å². The first-order valence-electron chi connectivity index (χ1n) is 7.93. The Kier molecular flexibility index (Phi) is 5.25. The highest BCUT2D eigenvalue weighted by atomic mass is 35.5. The number of hydrogen-bond acceptors (Lipinski definition) is 4. The predicted octanol–water partition coefficient (Wildman–Crippen LogP) is 3.52. The predicted molar refractivity (Wildman–Crippen MR) is 101 cm³/mol. The zero-order valence-electron chi connectivity index (χ0n) is 14.0. The van der Waals surface area contributed by atoms with Crippen molar-refractivity contribution < 1.29 is 8.42 Å². The second-order valence-electron chi connectivity index (χ2n) is 6.06. The van der Waals surface area contributed by atoms with Crippen LogP contribution in [0.2, 0.25) is 10.0 Å². The van der Waals surface area contributed by atoms with Gasteiger partial charge in [0.1, 0.15) is 10.7 Å². The Labute approximate surface area is 158 Å². The lowest BCUT2D eigenvalue weighted by Crippen LogP contribution is -2.49. The minimum absolute atomic E-state index is 0.109. The maximum Gasteiger partial charge on any atom is 0.244 e.